The number of Topliss-reactive ketones (excluding diaryl/α,β-unsaturated/α-hetero) is 1. The summed E-state index contributed by atoms with van der Waals surface area (Å²) in [4.78, 5) is 25.5. The van der Waals surface area contributed by atoms with Gasteiger partial charge >= 0.3 is 0 Å². The van der Waals surface area contributed by atoms with Crippen molar-refractivity contribution in [1.82, 2.24) is 9.78 Å². The van der Waals surface area contributed by atoms with Gasteiger partial charge in [0.2, 0.25) is 0 Å². The number of hydrogen-bond donors (Lipinski definition) is 2. The number of nitrogens with zero attached hydrogens (tertiary/aromatic N) is 3. The van der Waals surface area contributed by atoms with Gasteiger partial charge in [0.25, 0.3) is 5.56 Å². The maximum absolute atomic E-state index is 12.8. The lowest BCUT2D eigenvalue weighted by Gasteiger charge is -2.33. The van der Waals surface area contributed by atoms with Gasteiger partial charge in [-0.15, -0.1) is 5.11 Å². The molecule has 0 saturated carbocycles. The Kier molecular flexibility index (Phi) is 4.59. The third-order valence-corrected chi connectivity index (χ3v) is 5.62. The number of carbonyl (C=O) groups is 1. The van der Waals surface area contributed by atoms with Crippen LogP contribution in [0, 0.1) is 0 Å². The highest BCUT2D eigenvalue weighted by Gasteiger charge is 2.37. The lowest BCUT2D eigenvalue weighted by molar-refractivity contribution is -0.116. The number of hydrogen-bond acceptors (Lipinski definition) is 5. The Morgan fingerprint density at radius 3 is 2.50 bits per heavy atom. The standard InChI is InChI=1S/C22H18ClN5O2/c23-14-9-11-15(12-10-14)25-26-19-21-24-16-7-4-8-17(29)18(16)20(28(21)27-22(19)30)13-5-2-1-3-6-13/h1-3,5-6,9-12,20,24H,4,7-8H2,(H,27,30). The molecule has 0 saturated heterocycles. The van der Waals surface area contributed by atoms with Crippen LogP contribution in [0.2, 0.25) is 5.02 Å². The zero-order chi connectivity index (χ0) is 20.7. The van der Waals surface area contributed by atoms with Crippen molar-refractivity contribution < 1.29 is 4.79 Å². The minimum atomic E-state index is -0.405. The van der Waals surface area contributed by atoms with E-state index in [9.17, 15) is 9.59 Å². The molecule has 2 aliphatic rings. The summed E-state index contributed by atoms with van der Waals surface area (Å²) in [5, 5.41) is 15.1. The molecule has 2 aromatic carbocycles. The molecule has 0 bridgehead atoms. The first-order chi connectivity index (χ1) is 14.6. The number of anilines is 1. The lowest BCUT2D eigenvalue weighted by Crippen LogP contribution is -2.31. The van der Waals surface area contributed by atoms with Crippen molar-refractivity contribution in [2.24, 2.45) is 10.2 Å². The number of benzene rings is 2. The number of azo groups is 1. The second kappa shape index (κ2) is 7.42. The fourth-order valence-electron chi connectivity index (χ4n) is 4.00. The van der Waals surface area contributed by atoms with Crippen LogP contribution in [0.15, 0.2) is 80.9 Å². The van der Waals surface area contributed by atoms with Gasteiger partial charge in [-0.05, 0) is 42.7 Å². The molecule has 1 aliphatic heterocycles. The molecule has 0 fully saturated rings. The highest BCUT2D eigenvalue weighted by molar-refractivity contribution is 6.30. The van der Waals surface area contributed by atoms with Gasteiger partial charge in [0.1, 0.15) is 6.04 Å². The van der Waals surface area contributed by atoms with Crippen molar-refractivity contribution >= 4 is 34.6 Å². The van der Waals surface area contributed by atoms with Crippen molar-refractivity contribution in [3.8, 4) is 0 Å². The topological polar surface area (TPSA) is 91.6 Å². The quantitative estimate of drug-likeness (QED) is 0.566. The number of halogens is 1. The second-order valence-corrected chi connectivity index (χ2v) is 7.73. The van der Waals surface area contributed by atoms with Crippen molar-refractivity contribution in [3.63, 3.8) is 0 Å². The van der Waals surface area contributed by atoms with Gasteiger partial charge in [-0.2, -0.15) is 5.11 Å². The van der Waals surface area contributed by atoms with Gasteiger partial charge in [-0.25, -0.2) is 0 Å². The number of aromatic amines is 1. The first-order valence-electron chi connectivity index (χ1n) is 9.72. The number of fused-ring (bicyclic) bond motifs is 1. The summed E-state index contributed by atoms with van der Waals surface area (Å²) >= 11 is 5.91. The van der Waals surface area contributed by atoms with E-state index in [2.05, 4.69) is 20.6 Å². The number of carbonyl (C=O) groups excluding carboxylic acids is 1. The predicted molar refractivity (Wildman–Crippen MR) is 115 cm³/mol. The van der Waals surface area contributed by atoms with E-state index < -0.39 is 6.04 Å². The number of allylic oxidation sites excluding steroid dienone is 2. The summed E-state index contributed by atoms with van der Waals surface area (Å²) in [5.74, 6) is 0.613. The average Bonchev–Trinajstić information content (AvgIpc) is 3.07. The fourth-order valence-corrected chi connectivity index (χ4v) is 4.12. The van der Waals surface area contributed by atoms with Crippen LogP contribution in [0.5, 0.6) is 0 Å². The molecule has 0 spiro atoms. The van der Waals surface area contributed by atoms with Gasteiger partial charge in [0.05, 0.1) is 5.69 Å². The van der Waals surface area contributed by atoms with Crippen molar-refractivity contribution in [3.05, 3.63) is 86.8 Å². The molecule has 5 rings (SSSR count). The highest BCUT2D eigenvalue weighted by Crippen LogP contribution is 2.42. The minimum absolute atomic E-state index is 0.0992. The summed E-state index contributed by atoms with van der Waals surface area (Å²) in [6.45, 7) is 0. The van der Waals surface area contributed by atoms with Crippen molar-refractivity contribution in [2.45, 2.75) is 25.3 Å². The number of rotatable bonds is 3. The van der Waals surface area contributed by atoms with Crippen molar-refractivity contribution in [2.75, 3.05) is 5.32 Å². The SMILES string of the molecule is O=C1CCCC2=C1C(c1ccccc1)n1[nH]c(=O)c(N=Nc3ccc(Cl)cc3)c1N2. The van der Waals surface area contributed by atoms with Gasteiger partial charge in [-0.1, -0.05) is 41.9 Å². The molecule has 7 nitrogen and oxygen atoms in total. The molecule has 3 aromatic rings. The Bertz CT molecular complexity index is 1240. The largest absolute Gasteiger partial charge is 0.342 e. The van der Waals surface area contributed by atoms with Crippen molar-refractivity contribution in [1.29, 1.82) is 0 Å². The highest BCUT2D eigenvalue weighted by atomic mass is 35.5. The summed E-state index contributed by atoms with van der Waals surface area (Å²) in [7, 11) is 0. The third-order valence-electron chi connectivity index (χ3n) is 5.37. The zero-order valence-corrected chi connectivity index (χ0v) is 16.7. The van der Waals surface area contributed by atoms with E-state index in [1.165, 1.54) is 0 Å². The molecule has 30 heavy (non-hydrogen) atoms. The normalized spacial score (nSPS) is 18.3. The van der Waals surface area contributed by atoms with E-state index in [4.69, 9.17) is 11.6 Å². The van der Waals surface area contributed by atoms with Crippen LogP contribution in [0.25, 0.3) is 0 Å². The second-order valence-electron chi connectivity index (χ2n) is 7.29. The molecule has 2 N–H and O–H groups in total. The number of ketones is 1. The van der Waals surface area contributed by atoms with Gasteiger partial charge in [0.15, 0.2) is 17.3 Å². The maximum atomic E-state index is 12.8. The first kappa shape index (κ1) is 18.6. The summed E-state index contributed by atoms with van der Waals surface area (Å²) < 4.78 is 1.69. The molecular weight excluding hydrogens is 402 g/mol. The Morgan fingerprint density at radius 1 is 0.967 bits per heavy atom. The molecule has 1 aliphatic carbocycles. The number of aromatic nitrogens is 2. The molecule has 8 heteroatoms. The predicted octanol–water partition coefficient (Wildman–Crippen LogP) is 5.27. The third kappa shape index (κ3) is 3.17. The Labute approximate surface area is 177 Å². The molecular formula is C22H18ClN5O2. The van der Waals surface area contributed by atoms with Crippen LogP contribution in [-0.2, 0) is 4.79 Å². The smallest absolute Gasteiger partial charge is 0.294 e. The van der Waals surface area contributed by atoms with Gasteiger partial charge < -0.3 is 5.32 Å². The van der Waals surface area contributed by atoms with Crippen LogP contribution in [-0.4, -0.2) is 15.6 Å². The zero-order valence-electron chi connectivity index (χ0n) is 15.9. The van der Waals surface area contributed by atoms with E-state index in [0.29, 0.717) is 28.5 Å². The monoisotopic (exact) mass is 419 g/mol. The maximum Gasteiger partial charge on any atom is 0.294 e. The minimum Gasteiger partial charge on any atom is -0.342 e. The van der Waals surface area contributed by atoms with Crippen LogP contribution < -0.4 is 10.9 Å². The molecule has 0 radical (unpaired) electrons. The lowest BCUT2D eigenvalue weighted by atomic mass is 9.85. The van der Waals surface area contributed by atoms with Crippen LogP contribution in [0.1, 0.15) is 30.9 Å². The number of nitrogens with one attached hydrogen (secondary N) is 2. The average molecular weight is 420 g/mol. The van der Waals surface area contributed by atoms with Crippen LogP contribution >= 0.6 is 11.6 Å². The van der Waals surface area contributed by atoms with Crippen LogP contribution in [0.4, 0.5) is 17.2 Å². The van der Waals surface area contributed by atoms with E-state index in [-0.39, 0.29) is 17.0 Å². The Hall–Kier alpha value is -3.45. The van der Waals surface area contributed by atoms with Gasteiger partial charge in [-0.3, -0.25) is 19.4 Å². The summed E-state index contributed by atoms with van der Waals surface area (Å²) in [6.07, 6.45) is 2.04. The molecule has 2 heterocycles. The molecule has 1 atom stereocenters. The molecule has 0 amide bonds. The van der Waals surface area contributed by atoms with E-state index in [1.807, 2.05) is 30.3 Å². The van der Waals surface area contributed by atoms with Gasteiger partial charge in [0, 0.05) is 22.7 Å². The first-order valence-corrected chi connectivity index (χ1v) is 10.1. The van der Waals surface area contributed by atoms with E-state index >= 15 is 0 Å². The summed E-state index contributed by atoms with van der Waals surface area (Å²) in [6, 6.07) is 16.2. The van der Waals surface area contributed by atoms with Crippen LogP contribution in [0.3, 0.4) is 0 Å². The molecule has 1 unspecified atom stereocenters. The molecule has 150 valence electrons. The molecule has 1 aromatic heterocycles. The Morgan fingerprint density at radius 2 is 1.73 bits per heavy atom. The van der Waals surface area contributed by atoms with E-state index in [0.717, 1.165) is 24.1 Å². The number of H-pyrrole nitrogens is 1. The summed E-state index contributed by atoms with van der Waals surface area (Å²) in [5.41, 5.74) is 2.87. The fraction of sp³-hybridized carbons (Fsp3) is 0.182. The van der Waals surface area contributed by atoms with E-state index in [1.54, 1.807) is 28.9 Å². The Balaban J connectivity index is 1.63.